The topological polar surface area (TPSA) is 100 Å². The molecule has 3 N–H and O–H groups in total. The molecular weight excluding hydrogens is 358 g/mol. The Labute approximate surface area is 163 Å². The molecule has 0 fully saturated rings. The molecule has 0 aliphatic heterocycles. The summed E-state index contributed by atoms with van der Waals surface area (Å²) < 4.78 is 5.13. The highest BCUT2D eigenvalue weighted by Crippen LogP contribution is 2.31. The van der Waals surface area contributed by atoms with Crippen molar-refractivity contribution < 1.29 is 19.4 Å². The highest BCUT2D eigenvalue weighted by atomic mass is 16.5. The summed E-state index contributed by atoms with van der Waals surface area (Å²) in [4.78, 5) is 23.9. The summed E-state index contributed by atoms with van der Waals surface area (Å²) in [5, 5.41) is 16.5. The van der Waals surface area contributed by atoms with Gasteiger partial charge in [0.1, 0.15) is 0 Å². The van der Waals surface area contributed by atoms with Gasteiger partial charge in [-0.25, -0.2) is 5.43 Å². The minimum atomic E-state index is -0.879. The molecule has 2 aromatic rings. The van der Waals surface area contributed by atoms with Crippen molar-refractivity contribution in [3.63, 3.8) is 0 Å². The van der Waals surface area contributed by atoms with E-state index >= 15 is 0 Å². The maximum absolute atomic E-state index is 12.0. The van der Waals surface area contributed by atoms with Crippen molar-refractivity contribution in [3.8, 4) is 11.5 Å². The number of allylic oxidation sites excluding steroid dienone is 1. The first-order valence-corrected chi connectivity index (χ1v) is 8.65. The Kier molecular flexibility index (Phi) is 7.33. The van der Waals surface area contributed by atoms with Crippen LogP contribution < -0.4 is 15.5 Å². The summed E-state index contributed by atoms with van der Waals surface area (Å²) in [6.45, 7) is 5.43. The van der Waals surface area contributed by atoms with Gasteiger partial charge in [0, 0.05) is 5.56 Å². The molecule has 0 bridgehead atoms. The molecule has 1 atom stereocenters. The first kappa shape index (κ1) is 20.7. The molecule has 7 nitrogen and oxygen atoms in total. The van der Waals surface area contributed by atoms with Gasteiger partial charge in [-0.1, -0.05) is 36.4 Å². The van der Waals surface area contributed by atoms with Gasteiger partial charge in [0.05, 0.1) is 19.4 Å². The van der Waals surface area contributed by atoms with Gasteiger partial charge >= 0.3 is 11.8 Å². The van der Waals surface area contributed by atoms with E-state index in [0.29, 0.717) is 17.5 Å². The van der Waals surface area contributed by atoms with Gasteiger partial charge in [-0.3, -0.25) is 9.59 Å². The van der Waals surface area contributed by atoms with Crippen LogP contribution in [0.3, 0.4) is 0 Å². The summed E-state index contributed by atoms with van der Waals surface area (Å²) in [6, 6.07) is 12.2. The minimum Gasteiger partial charge on any atom is -0.504 e. The predicted molar refractivity (Wildman–Crippen MR) is 107 cm³/mol. The van der Waals surface area contributed by atoms with Crippen molar-refractivity contribution in [3.05, 3.63) is 71.8 Å². The Balaban J connectivity index is 1.99. The van der Waals surface area contributed by atoms with Crippen LogP contribution >= 0.6 is 0 Å². The molecule has 0 unspecified atom stereocenters. The second-order valence-corrected chi connectivity index (χ2v) is 6.03. The van der Waals surface area contributed by atoms with E-state index < -0.39 is 11.8 Å². The van der Waals surface area contributed by atoms with Crippen LogP contribution in [-0.4, -0.2) is 30.2 Å². The summed E-state index contributed by atoms with van der Waals surface area (Å²) in [7, 11) is 1.44. The number of amides is 2. The highest BCUT2D eigenvalue weighted by Gasteiger charge is 2.16. The molecule has 0 saturated carbocycles. The average molecular weight is 381 g/mol. The standard InChI is InChI=1S/C21H23N3O4/c1-4-8-17-11-15(12-18(28-3)19(17)25)13-22-24-21(27)20(26)23-14(2)16-9-6-5-7-10-16/h4-7,9-14,25H,1,8H2,2-3H3,(H,23,26)(H,24,27)/b22-13+/t14-/m0/s1. The quantitative estimate of drug-likeness (QED) is 0.297. The fourth-order valence-electron chi connectivity index (χ4n) is 2.53. The Bertz CT molecular complexity index is 879. The largest absolute Gasteiger partial charge is 0.504 e. The number of hydrogen-bond donors (Lipinski definition) is 3. The lowest BCUT2D eigenvalue weighted by Gasteiger charge is -2.13. The van der Waals surface area contributed by atoms with Crippen LogP contribution in [0.2, 0.25) is 0 Å². The third-order valence-electron chi connectivity index (χ3n) is 3.99. The zero-order valence-electron chi connectivity index (χ0n) is 15.8. The van der Waals surface area contributed by atoms with E-state index in [1.165, 1.54) is 13.3 Å². The molecule has 0 saturated heterocycles. The molecular formula is C21H23N3O4. The van der Waals surface area contributed by atoms with Crippen molar-refractivity contribution in [2.24, 2.45) is 5.10 Å². The van der Waals surface area contributed by atoms with Gasteiger partial charge in [-0.2, -0.15) is 5.10 Å². The van der Waals surface area contributed by atoms with Crippen LogP contribution in [0.4, 0.5) is 0 Å². The van der Waals surface area contributed by atoms with Crippen LogP contribution in [-0.2, 0) is 16.0 Å². The van der Waals surface area contributed by atoms with Crippen LogP contribution in [0, 0.1) is 0 Å². The Morgan fingerprint density at radius 2 is 1.96 bits per heavy atom. The molecule has 2 amide bonds. The van der Waals surface area contributed by atoms with Gasteiger partial charge in [-0.05, 0) is 36.6 Å². The normalized spacial score (nSPS) is 11.6. The second kappa shape index (κ2) is 9.91. The zero-order chi connectivity index (χ0) is 20.5. The number of hydrazone groups is 1. The Morgan fingerprint density at radius 3 is 2.61 bits per heavy atom. The van der Waals surface area contributed by atoms with E-state index in [0.717, 1.165) is 5.56 Å². The molecule has 0 aliphatic carbocycles. The lowest BCUT2D eigenvalue weighted by Crippen LogP contribution is -2.39. The van der Waals surface area contributed by atoms with Crippen LogP contribution in [0.5, 0.6) is 11.5 Å². The van der Waals surface area contributed by atoms with Gasteiger partial charge < -0.3 is 15.2 Å². The van der Waals surface area contributed by atoms with Crippen molar-refractivity contribution in [1.82, 2.24) is 10.7 Å². The maximum Gasteiger partial charge on any atom is 0.329 e. The number of phenols is 1. The average Bonchev–Trinajstić information content (AvgIpc) is 2.70. The van der Waals surface area contributed by atoms with Crippen LogP contribution in [0.15, 0.2) is 60.2 Å². The molecule has 2 rings (SSSR count). The molecule has 0 aromatic heterocycles. The van der Waals surface area contributed by atoms with Crippen molar-refractivity contribution >= 4 is 18.0 Å². The zero-order valence-corrected chi connectivity index (χ0v) is 15.8. The van der Waals surface area contributed by atoms with E-state index in [1.54, 1.807) is 25.1 Å². The first-order chi connectivity index (χ1) is 13.5. The summed E-state index contributed by atoms with van der Waals surface area (Å²) >= 11 is 0. The van der Waals surface area contributed by atoms with Crippen molar-refractivity contribution in [2.45, 2.75) is 19.4 Å². The lowest BCUT2D eigenvalue weighted by molar-refractivity contribution is -0.139. The monoisotopic (exact) mass is 381 g/mol. The number of ether oxygens (including phenoxy) is 1. The third kappa shape index (κ3) is 5.44. The molecule has 0 aliphatic rings. The number of rotatable bonds is 7. The number of nitrogens with zero attached hydrogens (tertiary/aromatic N) is 1. The highest BCUT2D eigenvalue weighted by molar-refractivity contribution is 6.35. The summed E-state index contributed by atoms with van der Waals surface area (Å²) in [5.74, 6) is -1.36. The number of aromatic hydroxyl groups is 1. The number of phenolic OH excluding ortho intramolecular Hbond substituents is 1. The number of nitrogens with one attached hydrogen (secondary N) is 2. The second-order valence-electron chi connectivity index (χ2n) is 6.03. The van der Waals surface area contributed by atoms with E-state index in [1.807, 2.05) is 30.3 Å². The molecule has 0 heterocycles. The molecule has 0 spiro atoms. The van der Waals surface area contributed by atoms with Crippen molar-refractivity contribution in [1.29, 1.82) is 0 Å². The lowest BCUT2D eigenvalue weighted by atomic mass is 10.1. The predicted octanol–water partition coefficient (Wildman–Crippen LogP) is 2.46. The summed E-state index contributed by atoms with van der Waals surface area (Å²) in [5.41, 5.74) is 4.27. The smallest absolute Gasteiger partial charge is 0.329 e. The molecule has 7 heteroatoms. The molecule has 0 radical (unpaired) electrons. The van der Waals surface area contributed by atoms with E-state index in [9.17, 15) is 14.7 Å². The molecule has 28 heavy (non-hydrogen) atoms. The van der Waals surface area contributed by atoms with E-state index in [2.05, 4.69) is 22.4 Å². The fraction of sp³-hybridized carbons (Fsp3) is 0.190. The van der Waals surface area contributed by atoms with Crippen LogP contribution in [0.25, 0.3) is 0 Å². The third-order valence-corrected chi connectivity index (χ3v) is 3.99. The maximum atomic E-state index is 12.0. The van der Waals surface area contributed by atoms with Gasteiger partial charge in [0.15, 0.2) is 11.5 Å². The Morgan fingerprint density at radius 1 is 1.25 bits per heavy atom. The van der Waals surface area contributed by atoms with Crippen molar-refractivity contribution in [2.75, 3.05) is 7.11 Å². The van der Waals surface area contributed by atoms with Gasteiger partial charge in [-0.15, -0.1) is 6.58 Å². The van der Waals surface area contributed by atoms with Gasteiger partial charge in [0.2, 0.25) is 0 Å². The van der Waals surface area contributed by atoms with Gasteiger partial charge in [0.25, 0.3) is 0 Å². The molecule has 2 aromatic carbocycles. The number of carbonyl (C=O) groups is 2. The minimum absolute atomic E-state index is 0.0258. The number of carbonyl (C=O) groups excluding carboxylic acids is 2. The number of benzene rings is 2. The Hall–Kier alpha value is -3.61. The van der Waals surface area contributed by atoms with E-state index in [4.69, 9.17) is 4.74 Å². The summed E-state index contributed by atoms with van der Waals surface area (Å²) in [6.07, 6.45) is 3.45. The SMILES string of the molecule is C=CCc1cc(/C=N/NC(=O)C(=O)N[C@@H](C)c2ccccc2)cc(OC)c1O. The number of hydrogen-bond acceptors (Lipinski definition) is 5. The first-order valence-electron chi connectivity index (χ1n) is 8.65. The number of methoxy groups -OCH3 is 1. The molecule has 146 valence electrons. The fourth-order valence-corrected chi connectivity index (χ4v) is 2.53. The van der Waals surface area contributed by atoms with E-state index in [-0.39, 0.29) is 17.5 Å². The van der Waals surface area contributed by atoms with Crippen LogP contribution in [0.1, 0.15) is 29.7 Å².